The van der Waals surface area contributed by atoms with Gasteiger partial charge in [-0.05, 0) is 61.4 Å². The number of hydrogen-bond acceptors (Lipinski definition) is 7. The van der Waals surface area contributed by atoms with E-state index in [4.69, 9.17) is 14.2 Å². The maximum atomic E-state index is 13.0. The average molecular weight is 506 g/mol. The van der Waals surface area contributed by atoms with Crippen molar-refractivity contribution in [2.45, 2.75) is 28.0 Å². The molecule has 0 heterocycles. The smallest absolute Gasteiger partial charge is 0.244 e. The first-order chi connectivity index (χ1) is 16.2. The molecule has 1 N–H and O–H groups in total. The Balaban J connectivity index is 1.82. The number of sulfone groups is 1. The molecule has 0 saturated carbocycles. The quantitative estimate of drug-likeness (QED) is 0.425. The Hall–Kier alpha value is -3.08. The predicted octanol–water partition coefficient (Wildman–Crippen LogP) is 3.46. The molecule has 0 spiro atoms. The number of rotatable bonds is 11. The first kappa shape index (κ1) is 25.5. The number of nitrogens with one attached hydrogen (secondary N) is 1. The number of methoxy groups -OCH3 is 2. The lowest BCUT2D eigenvalue weighted by molar-refractivity contribution is 0.310. The standard InChI is InChI=1S/C24H27NO7S2/c1-4-32-21-12-10-18(16-23(21)31-3)14-15-25-34(28,29)24-17-20(11-13-22(24)30-2)33(26,27)19-8-6-5-7-9-19/h5-13,16-17,25H,4,14-15H2,1-3H3. The maximum absolute atomic E-state index is 13.0. The molecule has 8 nitrogen and oxygen atoms in total. The summed E-state index contributed by atoms with van der Waals surface area (Å²) in [5.41, 5.74) is 0.843. The first-order valence-corrected chi connectivity index (χ1v) is 13.5. The Bertz CT molecular complexity index is 1340. The summed E-state index contributed by atoms with van der Waals surface area (Å²) in [4.78, 5) is -0.326. The van der Waals surface area contributed by atoms with Crippen LogP contribution in [-0.4, -0.2) is 44.2 Å². The summed E-state index contributed by atoms with van der Waals surface area (Å²) < 4.78 is 70.6. The molecule has 0 aliphatic rings. The van der Waals surface area contributed by atoms with Crippen molar-refractivity contribution in [1.29, 1.82) is 0 Å². The molecule has 0 fully saturated rings. The van der Waals surface area contributed by atoms with Crippen LogP contribution >= 0.6 is 0 Å². The van der Waals surface area contributed by atoms with E-state index >= 15 is 0 Å². The highest BCUT2D eigenvalue weighted by molar-refractivity contribution is 7.91. The number of sulfonamides is 1. The summed E-state index contributed by atoms with van der Waals surface area (Å²) in [6.07, 6.45) is 0.381. The van der Waals surface area contributed by atoms with Gasteiger partial charge in [0.1, 0.15) is 10.6 Å². The van der Waals surface area contributed by atoms with E-state index in [1.807, 2.05) is 13.0 Å². The SMILES string of the molecule is CCOc1ccc(CCNS(=O)(=O)c2cc(S(=O)(=O)c3ccccc3)ccc2OC)cc1OC. The molecule has 3 aromatic rings. The largest absolute Gasteiger partial charge is 0.495 e. The van der Waals surface area contributed by atoms with E-state index in [-0.39, 0.29) is 27.0 Å². The van der Waals surface area contributed by atoms with Crippen LogP contribution in [0.15, 0.2) is 81.4 Å². The van der Waals surface area contributed by atoms with Gasteiger partial charge in [0.2, 0.25) is 19.9 Å². The predicted molar refractivity (Wildman–Crippen MR) is 128 cm³/mol. The van der Waals surface area contributed by atoms with Gasteiger partial charge in [0, 0.05) is 6.54 Å². The maximum Gasteiger partial charge on any atom is 0.244 e. The van der Waals surface area contributed by atoms with Crippen LogP contribution < -0.4 is 18.9 Å². The Morgan fingerprint density at radius 2 is 1.44 bits per heavy atom. The third kappa shape index (κ3) is 5.69. The second-order valence-electron chi connectivity index (χ2n) is 7.20. The minimum absolute atomic E-state index is 0.0437. The monoisotopic (exact) mass is 505 g/mol. The summed E-state index contributed by atoms with van der Waals surface area (Å²) in [7, 11) is -5.11. The second kappa shape index (κ2) is 10.9. The third-order valence-corrected chi connectivity index (χ3v) is 8.27. The molecule has 0 aliphatic heterocycles. The second-order valence-corrected chi connectivity index (χ2v) is 10.9. The van der Waals surface area contributed by atoms with E-state index in [0.29, 0.717) is 24.5 Å². The van der Waals surface area contributed by atoms with E-state index in [2.05, 4.69) is 4.72 Å². The Morgan fingerprint density at radius 1 is 0.765 bits per heavy atom. The van der Waals surface area contributed by atoms with Crippen LogP contribution in [0, 0.1) is 0 Å². The molecular weight excluding hydrogens is 478 g/mol. The van der Waals surface area contributed by atoms with Gasteiger partial charge in [0.05, 0.1) is 30.6 Å². The van der Waals surface area contributed by atoms with Crippen LogP contribution in [-0.2, 0) is 26.3 Å². The highest BCUT2D eigenvalue weighted by Crippen LogP contribution is 2.30. The molecule has 0 bridgehead atoms. The van der Waals surface area contributed by atoms with Crippen molar-refractivity contribution in [3.05, 3.63) is 72.3 Å². The van der Waals surface area contributed by atoms with Crippen LogP contribution in [0.1, 0.15) is 12.5 Å². The van der Waals surface area contributed by atoms with Crippen molar-refractivity contribution in [1.82, 2.24) is 4.72 Å². The van der Waals surface area contributed by atoms with Gasteiger partial charge in [0.25, 0.3) is 0 Å². The zero-order valence-corrected chi connectivity index (χ0v) is 20.8. The van der Waals surface area contributed by atoms with Gasteiger partial charge in [-0.3, -0.25) is 0 Å². The van der Waals surface area contributed by atoms with Gasteiger partial charge < -0.3 is 14.2 Å². The van der Waals surface area contributed by atoms with E-state index in [0.717, 1.165) is 11.6 Å². The lowest BCUT2D eigenvalue weighted by Crippen LogP contribution is -2.26. The van der Waals surface area contributed by atoms with Crippen LogP contribution in [0.4, 0.5) is 0 Å². The summed E-state index contributed by atoms with van der Waals surface area (Å²) in [6.45, 7) is 2.45. The highest BCUT2D eigenvalue weighted by atomic mass is 32.2. The van der Waals surface area contributed by atoms with Crippen molar-refractivity contribution >= 4 is 19.9 Å². The van der Waals surface area contributed by atoms with Crippen molar-refractivity contribution in [3.63, 3.8) is 0 Å². The van der Waals surface area contributed by atoms with Gasteiger partial charge in [-0.15, -0.1) is 0 Å². The summed E-state index contributed by atoms with van der Waals surface area (Å²) in [5, 5.41) is 0. The molecule has 0 saturated heterocycles. The summed E-state index contributed by atoms with van der Waals surface area (Å²) >= 11 is 0. The molecule has 182 valence electrons. The lowest BCUT2D eigenvalue weighted by Gasteiger charge is -2.14. The molecule has 0 unspecified atom stereocenters. The molecule has 10 heteroatoms. The third-order valence-electron chi connectivity index (χ3n) is 5.02. The van der Waals surface area contributed by atoms with E-state index in [1.165, 1.54) is 38.5 Å². The Labute approximate surface area is 200 Å². The molecule has 0 aromatic heterocycles. The van der Waals surface area contributed by atoms with Gasteiger partial charge >= 0.3 is 0 Å². The molecule has 3 aromatic carbocycles. The number of benzene rings is 3. The topological polar surface area (TPSA) is 108 Å². The van der Waals surface area contributed by atoms with Crippen LogP contribution in [0.2, 0.25) is 0 Å². The zero-order valence-electron chi connectivity index (χ0n) is 19.1. The fraction of sp³-hybridized carbons (Fsp3) is 0.250. The van der Waals surface area contributed by atoms with Crippen molar-refractivity contribution in [2.75, 3.05) is 27.4 Å². The van der Waals surface area contributed by atoms with E-state index < -0.39 is 19.9 Å². The minimum Gasteiger partial charge on any atom is -0.495 e. The summed E-state index contributed by atoms with van der Waals surface area (Å²) in [6, 6.07) is 17.0. The van der Waals surface area contributed by atoms with Gasteiger partial charge in [0.15, 0.2) is 11.5 Å². The lowest BCUT2D eigenvalue weighted by atomic mass is 10.1. The molecule has 0 aliphatic carbocycles. The van der Waals surface area contributed by atoms with Crippen LogP contribution in [0.25, 0.3) is 0 Å². The van der Waals surface area contributed by atoms with Gasteiger partial charge in [-0.1, -0.05) is 24.3 Å². The zero-order chi connectivity index (χ0) is 24.8. The number of hydrogen-bond donors (Lipinski definition) is 1. The van der Waals surface area contributed by atoms with Gasteiger partial charge in [-0.25, -0.2) is 21.6 Å². The van der Waals surface area contributed by atoms with E-state index in [1.54, 1.807) is 30.3 Å². The van der Waals surface area contributed by atoms with Crippen LogP contribution in [0.3, 0.4) is 0 Å². The first-order valence-electron chi connectivity index (χ1n) is 10.5. The van der Waals surface area contributed by atoms with Crippen molar-refractivity contribution in [2.24, 2.45) is 0 Å². The fourth-order valence-electron chi connectivity index (χ4n) is 3.32. The normalized spacial score (nSPS) is 11.7. The fourth-order valence-corrected chi connectivity index (χ4v) is 5.93. The minimum atomic E-state index is -4.07. The highest BCUT2D eigenvalue weighted by Gasteiger charge is 2.25. The summed E-state index contributed by atoms with van der Waals surface area (Å²) in [5.74, 6) is 1.21. The van der Waals surface area contributed by atoms with Crippen molar-refractivity contribution in [3.8, 4) is 17.2 Å². The molecule has 3 rings (SSSR count). The molecule has 0 atom stereocenters. The average Bonchev–Trinajstić information content (AvgIpc) is 2.85. The van der Waals surface area contributed by atoms with E-state index in [9.17, 15) is 16.8 Å². The van der Waals surface area contributed by atoms with Crippen molar-refractivity contribution < 1.29 is 31.0 Å². The molecule has 0 radical (unpaired) electrons. The number of ether oxygens (including phenoxy) is 3. The molecule has 0 amide bonds. The Kier molecular flexibility index (Phi) is 8.19. The molecule has 34 heavy (non-hydrogen) atoms. The van der Waals surface area contributed by atoms with Crippen LogP contribution in [0.5, 0.6) is 17.2 Å². The molecular formula is C24H27NO7S2. The Morgan fingerprint density at radius 3 is 2.09 bits per heavy atom. The van der Waals surface area contributed by atoms with Gasteiger partial charge in [-0.2, -0.15) is 0 Å².